The smallest absolute Gasteiger partial charge is 0.187 e. The van der Waals surface area contributed by atoms with E-state index in [0.29, 0.717) is 12.2 Å². The number of fused-ring (bicyclic) bond motifs is 2. The van der Waals surface area contributed by atoms with Gasteiger partial charge < -0.3 is 14.9 Å². The minimum Gasteiger partial charge on any atom is -0.503 e. The van der Waals surface area contributed by atoms with E-state index in [2.05, 4.69) is 6.08 Å². The molecule has 114 valence electrons. The normalized spacial score (nSPS) is 31.9. The number of rotatable bonds is 2. The molecule has 0 radical (unpaired) electrons. The van der Waals surface area contributed by atoms with Gasteiger partial charge in [-0.25, -0.2) is 8.78 Å². The van der Waals surface area contributed by atoms with Crippen LogP contribution in [-0.4, -0.2) is 23.4 Å². The number of aliphatic hydroxyl groups excluding tert-OH is 1. The highest BCUT2D eigenvalue weighted by molar-refractivity contribution is 5.33. The maximum Gasteiger partial charge on any atom is 0.187 e. The predicted molar refractivity (Wildman–Crippen MR) is 72.7 cm³/mol. The Hall–Kier alpha value is -1.46. The Morgan fingerprint density at radius 3 is 2.62 bits per heavy atom. The number of benzene rings is 1. The van der Waals surface area contributed by atoms with E-state index in [1.165, 1.54) is 0 Å². The van der Waals surface area contributed by atoms with Crippen molar-refractivity contribution >= 4 is 0 Å². The Balaban J connectivity index is 1.97. The fraction of sp³-hybridized carbons (Fsp3) is 0.500. The van der Waals surface area contributed by atoms with Crippen molar-refractivity contribution in [2.24, 2.45) is 11.3 Å². The Kier molecular flexibility index (Phi) is 3.50. The molecule has 2 bridgehead atoms. The zero-order valence-electron chi connectivity index (χ0n) is 11.8. The zero-order valence-corrected chi connectivity index (χ0v) is 11.8. The molecule has 3 atom stereocenters. The Bertz CT molecular complexity index is 576. The van der Waals surface area contributed by atoms with E-state index < -0.39 is 23.5 Å². The fourth-order valence-corrected chi connectivity index (χ4v) is 3.34. The highest BCUT2D eigenvalue weighted by atomic mass is 19.1. The molecule has 3 nitrogen and oxygen atoms in total. The SMILES string of the molecule is CC1=CCC2(CO)COC(c3cc(F)c(O)c(F)c3)C1C2. The van der Waals surface area contributed by atoms with E-state index in [4.69, 9.17) is 4.74 Å². The van der Waals surface area contributed by atoms with Crippen molar-refractivity contribution in [2.75, 3.05) is 13.2 Å². The molecule has 5 heteroatoms. The predicted octanol–water partition coefficient (Wildman–Crippen LogP) is 3.08. The van der Waals surface area contributed by atoms with Crippen LogP contribution in [0.3, 0.4) is 0 Å². The van der Waals surface area contributed by atoms with E-state index >= 15 is 0 Å². The van der Waals surface area contributed by atoms with Gasteiger partial charge in [-0.1, -0.05) is 11.6 Å². The third kappa shape index (κ3) is 2.34. The minimum absolute atomic E-state index is 0.0111. The second-order valence-corrected chi connectivity index (χ2v) is 6.19. The first-order valence-corrected chi connectivity index (χ1v) is 7.03. The van der Waals surface area contributed by atoms with Gasteiger partial charge >= 0.3 is 0 Å². The number of aromatic hydroxyl groups is 1. The molecule has 1 heterocycles. The van der Waals surface area contributed by atoms with Crippen LogP contribution in [0.1, 0.15) is 31.4 Å². The quantitative estimate of drug-likeness (QED) is 0.825. The molecule has 2 N–H and O–H groups in total. The molecule has 0 amide bonds. The Labute approximate surface area is 121 Å². The molecule has 1 fully saturated rings. The second-order valence-electron chi connectivity index (χ2n) is 6.19. The highest BCUT2D eigenvalue weighted by Gasteiger charge is 2.44. The van der Waals surface area contributed by atoms with Crippen molar-refractivity contribution in [3.63, 3.8) is 0 Å². The molecule has 3 unspecified atom stereocenters. The molecule has 0 saturated carbocycles. The van der Waals surface area contributed by atoms with Gasteiger partial charge in [0.15, 0.2) is 17.4 Å². The van der Waals surface area contributed by atoms with Gasteiger partial charge in [0, 0.05) is 11.3 Å². The minimum atomic E-state index is -0.981. The van der Waals surface area contributed by atoms with Gasteiger partial charge in [-0.15, -0.1) is 0 Å². The molecule has 2 aliphatic rings. The van der Waals surface area contributed by atoms with Gasteiger partial charge in [-0.3, -0.25) is 0 Å². The van der Waals surface area contributed by atoms with Crippen molar-refractivity contribution in [1.29, 1.82) is 0 Å². The number of phenols is 1. The summed E-state index contributed by atoms with van der Waals surface area (Å²) in [5.74, 6) is -2.94. The number of aliphatic hydroxyl groups is 1. The molecule has 1 aromatic rings. The van der Waals surface area contributed by atoms with E-state index in [-0.39, 0.29) is 17.9 Å². The number of allylic oxidation sites excluding steroid dienone is 1. The van der Waals surface area contributed by atoms with Gasteiger partial charge in [-0.05, 0) is 37.5 Å². The Morgan fingerprint density at radius 2 is 2.00 bits per heavy atom. The number of hydrogen-bond donors (Lipinski definition) is 2. The second kappa shape index (κ2) is 5.07. The van der Waals surface area contributed by atoms with Crippen LogP contribution in [-0.2, 0) is 4.74 Å². The number of ether oxygens (including phenoxy) is 1. The molecular weight excluding hydrogens is 278 g/mol. The van der Waals surface area contributed by atoms with E-state index in [1.807, 2.05) is 6.92 Å². The summed E-state index contributed by atoms with van der Waals surface area (Å²) in [6.07, 6.45) is 3.12. The molecule has 21 heavy (non-hydrogen) atoms. The average Bonchev–Trinajstić information content (AvgIpc) is 2.49. The Morgan fingerprint density at radius 1 is 1.33 bits per heavy atom. The lowest BCUT2D eigenvalue weighted by atomic mass is 9.67. The monoisotopic (exact) mass is 296 g/mol. The van der Waals surface area contributed by atoms with E-state index in [1.54, 1.807) is 0 Å². The highest BCUT2D eigenvalue weighted by Crippen LogP contribution is 2.50. The maximum absolute atomic E-state index is 13.6. The van der Waals surface area contributed by atoms with Crippen LogP contribution < -0.4 is 0 Å². The van der Waals surface area contributed by atoms with Crippen LogP contribution in [0.2, 0.25) is 0 Å². The molecule has 1 aliphatic heterocycles. The lowest BCUT2D eigenvalue weighted by Crippen LogP contribution is -2.43. The first-order valence-electron chi connectivity index (χ1n) is 7.03. The zero-order chi connectivity index (χ0) is 15.2. The topological polar surface area (TPSA) is 49.7 Å². The lowest BCUT2D eigenvalue weighted by molar-refractivity contribution is -0.114. The van der Waals surface area contributed by atoms with Crippen molar-refractivity contribution in [3.05, 3.63) is 41.0 Å². The van der Waals surface area contributed by atoms with Crippen LogP contribution in [0.25, 0.3) is 0 Å². The largest absolute Gasteiger partial charge is 0.503 e. The third-order valence-electron chi connectivity index (χ3n) is 4.73. The van der Waals surface area contributed by atoms with Gasteiger partial charge in [0.1, 0.15) is 0 Å². The van der Waals surface area contributed by atoms with E-state index in [9.17, 15) is 19.0 Å². The standard InChI is InChI=1S/C16H18F2O3/c1-9-2-3-16(7-19)6-11(9)15(21-8-16)10-4-12(17)14(20)13(18)5-10/h2,4-5,11,15,19-20H,3,6-8H2,1H3. The summed E-state index contributed by atoms with van der Waals surface area (Å²) in [5, 5.41) is 18.8. The van der Waals surface area contributed by atoms with Crippen molar-refractivity contribution in [2.45, 2.75) is 25.9 Å². The van der Waals surface area contributed by atoms with Crippen LogP contribution in [0.4, 0.5) is 8.78 Å². The summed E-state index contributed by atoms with van der Waals surface area (Å²) >= 11 is 0. The summed E-state index contributed by atoms with van der Waals surface area (Å²) in [4.78, 5) is 0. The average molecular weight is 296 g/mol. The summed E-state index contributed by atoms with van der Waals surface area (Å²) in [6, 6.07) is 2.24. The molecule has 1 aromatic carbocycles. The summed E-state index contributed by atoms with van der Waals surface area (Å²) in [5.41, 5.74) is 1.21. The van der Waals surface area contributed by atoms with Crippen molar-refractivity contribution in [1.82, 2.24) is 0 Å². The van der Waals surface area contributed by atoms with Gasteiger partial charge in [0.05, 0.1) is 19.3 Å². The molecule has 1 saturated heterocycles. The van der Waals surface area contributed by atoms with Crippen LogP contribution >= 0.6 is 0 Å². The number of phenolic OH excluding ortho intramolecular Hbond substituents is 1. The summed E-state index contributed by atoms with van der Waals surface area (Å²) < 4.78 is 32.9. The maximum atomic E-state index is 13.6. The number of hydrogen-bond acceptors (Lipinski definition) is 3. The molecule has 0 spiro atoms. The molecule has 3 rings (SSSR count). The van der Waals surface area contributed by atoms with Gasteiger partial charge in [0.25, 0.3) is 0 Å². The molecular formula is C16H18F2O3. The molecule has 1 aliphatic carbocycles. The van der Waals surface area contributed by atoms with Crippen molar-refractivity contribution in [3.8, 4) is 5.75 Å². The van der Waals surface area contributed by atoms with Crippen LogP contribution in [0.15, 0.2) is 23.8 Å². The first-order chi connectivity index (χ1) is 9.96. The fourth-order valence-electron chi connectivity index (χ4n) is 3.34. The third-order valence-corrected chi connectivity index (χ3v) is 4.73. The number of halogens is 2. The lowest BCUT2D eigenvalue weighted by Gasteiger charge is -2.47. The van der Waals surface area contributed by atoms with Gasteiger partial charge in [0.2, 0.25) is 0 Å². The summed E-state index contributed by atoms with van der Waals surface area (Å²) in [7, 11) is 0. The van der Waals surface area contributed by atoms with Crippen LogP contribution in [0, 0.1) is 23.0 Å². The first kappa shape index (κ1) is 14.5. The van der Waals surface area contributed by atoms with Crippen molar-refractivity contribution < 1.29 is 23.7 Å². The summed E-state index contributed by atoms with van der Waals surface area (Å²) in [6.45, 7) is 2.37. The molecule has 0 aromatic heterocycles. The van der Waals surface area contributed by atoms with Crippen LogP contribution in [0.5, 0.6) is 5.75 Å². The van der Waals surface area contributed by atoms with Gasteiger partial charge in [-0.2, -0.15) is 0 Å². The van der Waals surface area contributed by atoms with E-state index in [0.717, 1.165) is 30.5 Å².